The van der Waals surface area contributed by atoms with Crippen LogP contribution in [0.5, 0.6) is 0 Å². The number of rotatable bonds is 10. The molecule has 0 heterocycles. The molecule has 0 aliphatic carbocycles. The van der Waals surface area contributed by atoms with Crippen LogP contribution in [0.1, 0.15) is 55.6 Å². The number of hydrogen-bond acceptors (Lipinski definition) is 0. The highest BCUT2D eigenvalue weighted by atomic mass is 14.1. The van der Waals surface area contributed by atoms with E-state index in [1.807, 2.05) is 0 Å². The van der Waals surface area contributed by atoms with Gasteiger partial charge in [0.25, 0.3) is 0 Å². The number of hydrogen-bond donors (Lipinski definition) is 0. The molecule has 0 fully saturated rings. The van der Waals surface area contributed by atoms with Crippen LogP contribution >= 0.6 is 0 Å². The summed E-state index contributed by atoms with van der Waals surface area (Å²) < 4.78 is 0. The van der Waals surface area contributed by atoms with Crippen LogP contribution in [0.2, 0.25) is 0 Å². The van der Waals surface area contributed by atoms with E-state index >= 15 is 0 Å². The highest BCUT2D eigenvalue weighted by molar-refractivity contribution is 5.98. The van der Waals surface area contributed by atoms with Gasteiger partial charge in [0.05, 0.1) is 0 Å². The monoisotopic (exact) mass is 688 g/mol. The van der Waals surface area contributed by atoms with Crippen molar-refractivity contribution in [3.8, 4) is 0 Å². The summed E-state index contributed by atoms with van der Waals surface area (Å²) in [5, 5.41) is 2.47. The van der Waals surface area contributed by atoms with E-state index in [1.54, 1.807) is 0 Å². The van der Waals surface area contributed by atoms with Gasteiger partial charge in [0, 0.05) is 0 Å². The van der Waals surface area contributed by atoms with Crippen LogP contribution in [0.15, 0.2) is 206 Å². The maximum atomic E-state index is 2.28. The molecule has 8 aromatic rings. The molecule has 256 valence electrons. The highest BCUT2D eigenvalue weighted by Gasteiger charge is 2.07. The van der Waals surface area contributed by atoms with Crippen LogP contribution < -0.4 is 0 Å². The lowest BCUT2D eigenvalue weighted by atomic mass is 9.95. The minimum absolute atomic E-state index is 1.16. The topological polar surface area (TPSA) is 0 Å². The lowest BCUT2D eigenvalue weighted by Gasteiger charge is -2.09. The molecule has 0 nitrogen and oxygen atoms in total. The SMILES string of the molecule is C(=C(c1ccccc1)c1ccccc1)c1ccc(/C=C/c2ccc3ccccc3c2/C=C/c2ccc(C=C(c3ccccc3)c3ccccc3)cc2)cc1. The van der Waals surface area contributed by atoms with E-state index in [0.717, 1.165) is 11.1 Å². The first-order valence-electron chi connectivity index (χ1n) is 18.5. The van der Waals surface area contributed by atoms with Crippen molar-refractivity contribution < 1.29 is 0 Å². The predicted octanol–water partition coefficient (Wildman–Crippen LogP) is 14.4. The van der Waals surface area contributed by atoms with Crippen LogP contribution in [0, 0.1) is 0 Å². The van der Waals surface area contributed by atoms with Crippen LogP contribution in [0.3, 0.4) is 0 Å². The van der Waals surface area contributed by atoms with Gasteiger partial charge in [-0.2, -0.15) is 0 Å². The van der Waals surface area contributed by atoms with E-state index in [0.29, 0.717) is 0 Å². The van der Waals surface area contributed by atoms with E-state index in [-0.39, 0.29) is 0 Å². The van der Waals surface area contributed by atoms with Crippen LogP contribution in [-0.4, -0.2) is 0 Å². The normalized spacial score (nSPS) is 11.2. The summed E-state index contributed by atoms with van der Waals surface area (Å²) in [7, 11) is 0. The Labute approximate surface area is 319 Å². The number of benzene rings is 8. The van der Waals surface area contributed by atoms with E-state index in [4.69, 9.17) is 0 Å². The molecule has 0 aliphatic rings. The second-order valence-corrected chi connectivity index (χ2v) is 13.4. The second-order valence-electron chi connectivity index (χ2n) is 13.4. The Morgan fingerprint density at radius 3 is 1.09 bits per heavy atom. The largest absolute Gasteiger partial charge is 0.0622 e. The van der Waals surface area contributed by atoms with Crippen molar-refractivity contribution in [2.24, 2.45) is 0 Å². The van der Waals surface area contributed by atoms with Gasteiger partial charge in [0.2, 0.25) is 0 Å². The third-order valence-corrected chi connectivity index (χ3v) is 9.74. The Morgan fingerprint density at radius 1 is 0.278 bits per heavy atom. The zero-order chi connectivity index (χ0) is 36.4. The maximum Gasteiger partial charge on any atom is -0.0105 e. The second kappa shape index (κ2) is 16.5. The van der Waals surface area contributed by atoms with Crippen LogP contribution in [-0.2, 0) is 0 Å². The molecule has 0 unspecified atom stereocenters. The molecule has 0 radical (unpaired) electrons. The van der Waals surface area contributed by atoms with Crippen LogP contribution in [0.4, 0.5) is 0 Å². The molecule has 0 aromatic heterocycles. The van der Waals surface area contributed by atoms with E-state index < -0.39 is 0 Å². The van der Waals surface area contributed by atoms with Crippen molar-refractivity contribution in [1.82, 2.24) is 0 Å². The Kier molecular flexibility index (Phi) is 10.4. The molecule has 0 spiro atoms. The lowest BCUT2D eigenvalue weighted by molar-refractivity contribution is 1.55. The molecule has 0 heteroatoms. The van der Waals surface area contributed by atoms with Crippen molar-refractivity contribution in [3.05, 3.63) is 262 Å². The molecule has 8 rings (SSSR count). The fourth-order valence-electron chi connectivity index (χ4n) is 6.89. The highest BCUT2D eigenvalue weighted by Crippen LogP contribution is 2.30. The molecule has 0 amide bonds. The van der Waals surface area contributed by atoms with Gasteiger partial charge in [-0.3, -0.25) is 0 Å². The molecule has 0 bridgehead atoms. The van der Waals surface area contributed by atoms with Crippen LogP contribution in [0.25, 0.3) is 58.4 Å². The summed E-state index contributed by atoms with van der Waals surface area (Å²) in [5.41, 5.74) is 14.3. The van der Waals surface area contributed by atoms with E-state index in [2.05, 4.69) is 243 Å². The zero-order valence-corrected chi connectivity index (χ0v) is 30.1. The van der Waals surface area contributed by atoms with Gasteiger partial charge in [0.1, 0.15) is 0 Å². The molecule has 0 N–H and O–H groups in total. The molecule has 0 atom stereocenters. The Hall–Kier alpha value is -7.02. The fourth-order valence-corrected chi connectivity index (χ4v) is 6.89. The molecular formula is C54H40. The Balaban J connectivity index is 1.06. The molecule has 0 saturated heterocycles. The van der Waals surface area contributed by atoms with Crippen molar-refractivity contribution in [2.45, 2.75) is 0 Å². The summed E-state index contributed by atoms with van der Waals surface area (Å²) in [6.07, 6.45) is 13.5. The van der Waals surface area contributed by atoms with Gasteiger partial charge in [0.15, 0.2) is 0 Å². The predicted molar refractivity (Wildman–Crippen MR) is 234 cm³/mol. The Bertz CT molecular complexity index is 2490. The summed E-state index contributed by atoms with van der Waals surface area (Å²) in [4.78, 5) is 0. The molecular weight excluding hydrogens is 649 g/mol. The zero-order valence-electron chi connectivity index (χ0n) is 30.1. The molecule has 0 saturated carbocycles. The maximum absolute atomic E-state index is 2.28. The van der Waals surface area contributed by atoms with Gasteiger partial charge in [-0.05, 0) is 89.7 Å². The molecule has 54 heavy (non-hydrogen) atoms. The summed E-state index contributed by atoms with van der Waals surface area (Å²) in [5.74, 6) is 0. The first kappa shape index (κ1) is 34.1. The van der Waals surface area contributed by atoms with Gasteiger partial charge in [-0.1, -0.05) is 231 Å². The molecule has 8 aromatic carbocycles. The van der Waals surface area contributed by atoms with Crippen molar-refractivity contribution in [2.75, 3.05) is 0 Å². The van der Waals surface area contributed by atoms with E-state index in [9.17, 15) is 0 Å². The van der Waals surface area contributed by atoms with Gasteiger partial charge >= 0.3 is 0 Å². The van der Waals surface area contributed by atoms with Gasteiger partial charge in [-0.25, -0.2) is 0 Å². The number of fused-ring (bicyclic) bond motifs is 1. The average molecular weight is 689 g/mol. The van der Waals surface area contributed by atoms with Crippen molar-refractivity contribution in [1.29, 1.82) is 0 Å². The minimum atomic E-state index is 1.16. The van der Waals surface area contributed by atoms with Gasteiger partial charge in [-0.15, -0.1) is 0 Å². The van der Waals surface area contributed by atoms with Gasteiger partial charge < -0.3 is 0 Å². The smallest absolute Gasteiger partial charge is 0.0105 e. The lowest BCUT2D eigenvalue weighted by Crippen LogP contribution is -1.88. The third-order valence-electron chi connectivity index (χ3n) is 9.74. The van der Waals surface area contributed by atoms with E-state index in [1.165, 1.54) is 66.4 Å². The fraction of sp³-hybridized carbons (Fsp3) is 0. The average Bonchev–Trinajstić information content (AvgIpc) is 3.25. The molecule has 0 aliphatic heterocycles. The first-order valence-corrected chi connectivity index (χ1v) is 18.5. The van der Waals surface area contributed by atoms with Crippen molar-refractivity contribution >= 4 is 58.4 Å². The first-order chi connectivity index (χ1) is 26.8. The van der Waals surface area contributed by atoms with Crippen molar-refractivity contribution in [3.63, 3.8) is 0 Å². The third kappa shape index (κ3) is 8.20. The quantitative estimate of drug-likeness (QED) is 0.125. The summed E-state index contributed by atoms with van der Waals surface area (Å²) in [6, 6.07) is 73.1. The summed E-state index contributed by atoms with van der Waals surface area (Å²) in [6.45, 7) is 0. The minimum Gasteiger partial charge on any atom is -0.0622 e. The summed E-state index contributed by atoms with van der Waals surface area (Å²) >= 11 is 0. The Morgan fingerprint density at radius 2 is 0.648 bits per heavy atom. The standard InChI is InChI=1S/C54H40/c1-5-15-45(16-6-1)53(46-17-7-2-8-18-46)39-43-29-25-41(26-30-43)33-35-50-37-36-49-23-13-14-24-51(49)52(50)38-34-42-27-31-44(32-28-42)40-54(47-19-9-3-10-20-47)48-21-11-4-12-22-48/h1-40H/b35-33+,38-34+.